The van der Waals surface area contributed by atoms with Gasteiger partial charge in [0.2, 0.25) is 5.91 Å². The molecule has 1 saturated heterocycles. The number of halogens is 1. The Morgan fingerprint density at radius 3 is 2.52 bits per heavy atom. The van der Waals surface area contributed by atoms with Gasteiger partial charge in [-0.1, -0.05) is 54.1 Å². The van der Waals surface area contributed by atoms with Gasteiger partial charge in [0.25, 0.3) is 5.91 Å². The van der Waals surface area contributed by atoms with Gasteiger partial charge in [-0.25, -0.2) is 5.01 Å². The largest absolute Gasteiger partial charge is 0.273 e. The van der Waals surface area contributed by atoms with Crippen molar-refractivity contribution < 1.29 is 9.59 Å². The molecule has 0 saturated carbocycles. The van der Waals surface area contributed by atoms with Gasteiger partial charge in [0, 0.05) is 11.1 Å². The van der Waals surface area contributed by atoms with Crippen LogP contribution >= 0.6 is 11.6 Å². The molecule has 0 radical (unpaired) electrons. The fraction of sp³-hybridized carbons (Fsp3) is 0.111. The van der Waals surface area contributed by atoms with Crippen molar-refractivity contribution in [3.05, 3.63) is 76.8 Å². The van der Waals surface area contributed by atoms with Crippen LogP contribution in [0, 0.1) is 0 Å². The van der Waals surface area contributed by atoms with E-state index in [4.69, 9.17) is 11.6 Å². The number of nitrogens with one attached hydrogen (secondary N) is 1. The van der Waals surface area contributed by atoms with E-state index in [2.05, 4.69) is 5.43 Å². The molecule has 0 bridgehead atoms. The number of benzene rings is 2. The molecule has 3 rings (SSSR count). The monoisotopic (exact) mass is 326 g/mol. The van der Waals surface area contributed by atoms with Crippen molar-refractivity contribution in [1.82, 2.24) is 10.4 Å². The number of hydrogen-bond acceptors (Lipinski definition) is 2. The number of hydrogen-bond donors (Lipinski definition) is 1. The summed E-state index contributed by atoms with van der Waals surface area (Å²) in [4.78, 5) is 24.1. The minimum atomic E-state index is -0.286. The molecule has 2 aromatic carbocycles. The summed E-state index contributed by atoms with van der Waals surface area (Å²) >= 11 is 5.83. The second-order valence-electron chi connectivity index (χ2n) is 5.26. The molecule has 4 nitrogen and oxygen atoms in total. The van der Waals surface area contributed by atoms with Gasteiger partial charge in [0.15, 0.2) is 0 Å². The summed E-state index contributed by atoms with van der Waals surface area (Å²) in [6.07, 6.45) is 3.42. The van der Waals surface area contributed by atoms with E-state index in [1.165, 1.54) is 11.1 Å². The highest BCUT2D eigenvalue weighted by Crippen LogP contribution is 2.27. The van der Waals surface area contributed by atoms with E-state index in [9.17, 15) is 9.59 Å². The smallest absolute Gasteiger partial charge is 0.265 e. The summed E-state index contributed by atoms with van der Waals surface area (Å²) in [5.74, 6) is -0.424. The van der Waals surface area contributed by atoms with Crippen molar-refractivity contribution in [3.8, 4) is 0 Å². The second kappa shape index (κ2) is 6.67. The minimum Gasteiger partial charge on any atom is -0.273 e. The van der Waals surface area contributed by atoms with Crippen molar-refractivity contribution >= 4 is 29.5 Å². The molecule has 2 aromatic rings. The molecule has 1 aliphatic rings. The molecule has 1 atom stereocenters. The maximum atomic E-state index is 12.4. The van der Waals surface area contributed by atoms with Gasteiger partial charge >= 0.3 is 0 Å². The van der Waals surface area contributed by atoms with Gasteiger partial charge < -0.3 is 0 Å². The van der Waals surface area contributed by atoms with E-state index >= 15 is 0 Å². The fourth-order valence-electron chi connectivity index (χ4n) is 2.50. The first-order chi connectivity index (χ1) is 11.1. The zero-order valence-corrected chi connectivity index (χ0v) is 13.0. The number of carbonyl (C=O) groups is 2. The Kier molecular flexibility index (Phi) is 4.44. The van der Waals surface area contributed by atoms with E-state index in [1.807, 2.05) is 42.5 Å². The Bertz CT molecular complexity index is 741. The number of amides is 2. The number of hydrazine groups is 1. The van der Waals surface area contributed by atoms with Gasteiger partial charge in [-0.05, 0) is 29.3 Å². The maximum absolute atomic E-state index is 12.4. The van der Waals surface area contributed by atoms with Crippen molar-refractivity contribution in [2.75, 3.05) is 0 Å². The Hall–Kier alpha value is -2.59. The Morgan fingerprint density at radius 1 is 1.13 bits per heavy atom. The Morgan fingerprint density at radius 2 is 1.83 bits per heavy atom. The molecule has 116 valence electrons. The van der Waals surface area contributed by atoms with Crippen LogP contribution in [0.4, 0.5) is 0 Å². The van der Waals surface area contributed by atoms with Gasteiger partial charge in [-0.15, -0.1) is 0 Å². The third-order valence-corrected chi connectivity index (χ3v) is 3.90. The lowest BCUT2D eigenvalue weighted by molar-refractivity contribution is -0.133. The molecule has 23 heavy (non-hydrogen) atoms. The van der Waals surface area contributed by atoms with Crippen molar-refractivity contribution in [2.45, 2.75) is 12.5 Å². The second-order valence-corrected chi connectivity index (χ2v) is 5.70. The standard InChI is InChI=1S/C18H15ClN2O2/c19-15-9-6-13(7-10-15)8-11-18(23)21-16(12-17(22)20-21)14-4-2-1-3-5-14/h1-11,16H,12H2,(H,20,22). The predicted octanol–water partition coefficient (Wildman–Crippen LogP) is 3.36. The lowest BCUT2D eigenvalue weighted by atomic mass is 10.0. The first-order valence-electron chi connectivity index (χ1n) is 7.25. The third-order valence-electron chi connectivity index (χ3n) is 3.65. The van der Waals surface area contributed by atoms with Crippen LogP contribution < -0.4 is 5.43 Å². The van der Waals surface area contributed by atoms with Gasteiger partial charge in [-0.2, -0.15) is 0 Å². The molecular formula is C18H15ClN2O2. The molecule has 5 heteroatoms. The highest BCUT2D eigenvalue weighted by molar-refractivity contribution is 6.30. The molecule has 1 fully saturated rings. The van der Waals surface area contributed by atoms with E-state index in [0.29, 0.717) is 5.02 Å². The molecule has 0 aromatic heterocycles. The summed E-state index contributed by atoms with van der Waals surface area (Å²) in [5.41, 5.74) is 4.42. The molecule has 1 N–H and O–H groups in total. The zero-order chi connectivity index (χ0) is 16.2. The first kappa shape index (κ1) is 15.3. The highest BCUT2D eigenvalue weighted by atomic mass is 35.5. The molecule has 0 spiro atoms. The maximum Gasteiger partial charge on any atom is 0.265 e. The lowest BCUT2D eigenvalue weighted by Crippen LogP contribution is -2.39. The van der Waals surface area contributed by atoms with Crippen LogP contribution in [0.2, 0.25) is 5.02 Å². The number of carbonyl (C=O) groups excluding carboxylic acids is 2. The highest BCUT2D eigenvalue weighted by Gasteiger charge is 2.33. The zero-order valence-electron chi connectivity index (χ0n) is 12.3. The normalized spacial score (nSPS) is 17.5. The Balaban J connectivity index is 1.77. The average Bonchev–Trinajstić information content (AvgIpc) is 2.97. The van der Waals surface area contributed by atoms with Gasteiger partial charge in [0.05, 0.1) is 12.5 Å². The summed E-state index contributed by atoms with van der Waals surface area (Å²) < 4.78 is 0. The molecular weight excluding hydrogens is 312 g/mol. The summed E-state index contributed by atoms with van der Waals surface area (Å²) in [6.45, 7) is 0. The summed E-state index contributed by atoms with van der Waals surface area (Å²) in [7, 11) is 0. The molecule has 1 heterocycles. The van der Waals surface area contributed by atoms with E-state index in [-0.39, 0.29) is 24.3 Å². The fourth-order valence-corrected chi connectivity index (χ4v) is 2.62. The SMILES string of the molecule is O=C1CC(c2ccccc2)N(C(=O)C=Cc2ccc(Cl)cc2)N1. The van der Waals surface area contributed by atoms with Crippen molar-refractivity contribution in [3.63, 3.8) is 0 Å². The summed E-state index contributed by atoms with van der Waals surface area (Å²) in [5, 5.41) is 2.02. The number of nitrogens with zero attached hydrogens (tertiary/aromatic N) is 1. The Labute approximate surface area is 139 Å². The topological polar surface area (TPSA) is 49.4 Å². The van der Waals surface area contributed by atoms with E-state index in [1.54, 1.807) is 18.2 Å². The van der Waals surface area contributed by atoms with Crippen molar-refractivity contribution in [2.24, 2.45) is 0 Å². The van der Waals surface area contributed by atoms with Gasteiger partial charge in [-0.3, -0.25) is 15.0 Å². The molecule has 0 aliphatic carbocycles. The minimum absolute atomic E-state index is 0.160. The molecule has 2 amide bonds. The molecule has 1 aliphatic heterocycles. The first-order valence-corrected chi connectivity index (χ1v) is 7.62. The summed E-state index contributed by atoms with van der Waals surface area (Å²) in [6, 6.07) is 16.4. The van der Waals surface area contributed by atoms with Crippen LogP contribution in [0.1, 0.15) is 23.6 Å². The van der Waals surface area contributed by atoms with Crippen LogP contribution in [-0.2, 0) is 9.59 Å². The van der Waals surface area contributed by atoms with Crippen LogP contribution in [0.5, 0.6) is 0 Å². The van der Waals surface area contributed by atoms with Crippen LogP contribution in [0.25, 0.3) is 6.08 Å². The predicted molar refractivity (Wildman–Crippen MR) is 89.3 cm³/mol. The quantitative estimate of drug-likeness (QED) is 0.879. The lowest BCUT2D eigenvalue weighted by Gasteiger charge is -2.22. The van der Waals surface area contributed by atoms with Crippen LogP contribution in [0.15, 0.2) is 60.7 Å². The number of rotatable bonds is 3. The molecule has 1 unspecified atom stereocenters. The third kappa shape index (κ3) is 3.60. The van der Waals surface area contributed by atoms with E-state index < -0.39 is 0 Å². The average molecular weight is 327 g/mol. The van der Waals surface area contributed by atoms with Crippen LogP contribution in [-0.4, -0.2) is 16.8 Å². The van der Waals surface area contributed by atoms with Crippen molar-refractivity contribution in [1.29, 1.82) is 0 Å². The van der Waals surface area contributed by atoms with Gasteiger partial charge in [0.1, 0.15) is 0 Å². The van der Waals surface area contributed by atoms with E-state index in [0.717, 1.165) is 11.1 Å². The van der Waals surface area contributed by atoms with Crippen LogP contribution in [0.3, 0.4) is 0 Å².